The van der Waals surface area contributed by atoms with E-state index < -0.39 is 0 Å². The summed E-state index contributed by atoms with van der Waals surface area (Å²) in [5.74, 6) is 2.48. The molecule has 1 unspecified atom stereocenters. The number of nitrogens with zero attached hydrogens (tertiary/aromatic N) is 3. The molecular weight excluding hydrogens is 258 g/mol. The molecule has 0 aliphatic carbocycles. The molecule has 100 valence electrons. The van der Waals surface area contributed by atoms with Crippen LogP contribution in [0, 0.1) is 0 Å². The summed E-state index contributed by atoms with van der Waals surface area (Å²) in [5, 5.41) is 7.27. The van der Waals surface area contributed by atoms with Crippen molar-refractivity contribution >= 4 is 17.7 Å². The number of anilines is 1. The number of nitrogens with one attached hydrogen (secondary N) is 1. The van der Waals surface area contributed by atoms with Crippen LogP contribution in [0.25, 0.3) is 0 Å². The van der Waals surface area contributed by atoms with E-state index in [-0.39, 0.29) is 6.04 Å². The van der Waals surface area contributed by atoms with E-state index in [4.69, 9.17) is 5.73 Å². The van der Waals surface area contributed by atoms with Crippen LogP contribution in [0.1, 0.15) is 12.2 Å². The first-order valence-corrected chi connectivity index (χ1v) is 7.39. The fourth-order valence-electron chi connectivity index (χ4n) is 2.13. The van der Waals surface area contributed by atoms with Crippen molar-refractivity contribution in [3.05, 3.63) is 36.2 Å². The zero-order valence-corrected chi connectivity index (χ0v) is 11.4. The Hall–Kier alpha value is -1.53. The molecule has 2 heterocycles. The molecule has 1 aromatic heterocycles. The molecule has 19 heavy (non-hydrogen) atoms. The lowest BCUT2D eigenvalue weighted by Gasteiger charge is -2.11. The highest BCUT2D eigenvalue weighted by atomic mass is 32.2. The van der Waals surface area contributed by atoms with Crippen molar-refractivity contribution in [2.45, 2.75) is 23.1 Å². The zero-order valence-electron chi connectivity index (χ0n) is 10.6. The van der Waals surface area contributed by atoms with Crippen molar-refractivity contribution < 1.29 is 0 Å². The van der Waals surface area contributed by atoms with Crippen molar-refractivity contribution in [2.24, 2.45) is 5.73 Å². The minimum Gasteiger partial charge on any atom is -0.338 e. The van der Waals surface area contributed by atoms with E-state index in [1.165, 1.54) is 4.90 Å². The number of nitrogens with two attached hydrogens (primary N) is 1. The first kappa shape index (κ1) is 12.5. The minimum atomic E-state index is 0.251. The highest BCUT2D eigenvalue weighted by Crippen LogP contribution is 2.22. The van der Waals surface area contributed by atoms with Gasteiger partial charge in [-0.1, -0.05) is 18.2 Å². The Morgan fingerprint density at radius 1 is 1.37 bits per heavy atom. The third-order valence-electron chi connectivity index (χ3n) is 3.15. The summed E-state index contributed by atoms with van der Waals surface area (Å²) in [6.07, 6.45) is 1.02. The van der Waals surface area contributed by atoms with Gasteiger partial charge in [-0.2, -0.15) is 4.98 Å². The number of hydrogen-bond donors (Lipinski definition) is 2. The largest absolute Gasteiger partial charge is 0.338 e. The molecule has 1 atom stereocenters. The highest BCUT2D eigenvalue weighted by molar-refractivity contribution is 7.98. The fourth-order valence-corrected chi connectivity index (χ4v) is 2.91. The number of H-pyrrole nitrogens is 1. The molecule has 0 spiro atoms. The molecule has 1 fully saturated rings. The van der Waals surface area contributed by atoms with Gasteiger partial charge in [0.2, 0.25) is 5.95 Å². The van der Waals surface area contributed by atoms with Gasteiger partial charge in [0.05, 0.1) is 5.75 Å². The van der Waals surface area contributed by atoms with Gasteiger partial charge in [-0.05, 0) is 18.6 Å². The Bertz CT molecular complexity index is 527. The Labute approximate surface area is 116 Å². The summed E-state index contributed by atoms with van der Waals surface area (Å²) < 4.78 is 0. The van der Waals surface area contributed by atoms with Gasteiger partial charge in [0, 0.05) is 24.0 Å². The Morgan fingerprint density at radius 3 is 2.95 bits per heavy atom. The Kier molecular flexibility index (Phi) is 3.70. The maximum atomic E-state index is 5.89. The van der Waals surface area contributed by atoms with Crippen molar-refractivity contribution in [1.29, 1.82) is 0 Å². The second kappa shape index (κ2) is 5.63. The van der Waals surface area contributed by atoms with E-state index in [9.17, 15) is 0 Å². The number of aromatic nitrogens is 3. The Morgan fingerprint density at radius 2 is 2.21 bits per heavy atom. The second-order valence-electron chi connectivity index (χ2n) is 4.68. The molecule has 0 bridgehead atoms. The van der Waals surface area contributed by atoms with Crippen molar-refractivity contribution in [3.8, 4) is 0 Å². The van der Waals surface area contributed by atoms with Crippen LogP contribution in [0.2, 0.25) is 0 Å². The van der Waals surface area contributed by atoms with Crippen LogP contribution >= 0.6 is 11.8 Å². The number of hydrogen-bond acceptors (Lipinski definition) is 5. The van der Waals surface area contributed by atoms with Crippen LogP contribution in [0.4, 0.5) is 5.95 Å². The first-order chi connectivity index (χ1) is 9.31. The average molecular weight is 275 g/mol. The summed E-state index contributed by atoms with van der Waals surface area (Å²) in [4.78, 5) is 7.90. The van der Waals surface area contributed by atoms with Gasteiger partial charge in [0.1, 0.15) is 5.82 Å². The van der Waals surface area contributed by atoms with Crippen LogP contribution < -0.4 is 10.6 Å². The van der Waals surface area contributed by atoms with Crippen molar-refractivity contribution in [1.82, 2.24) is 15.2 Å². The molecule has 1 aliphatic heterocycles. The van der Waals surface area contributed by atoms with Gasteiger partial charge in [0.25, 0.3) is 0 Å². The van der Waals surface area contributed by atoms with E-state index in [0.29, 0.717) is 0 Å². The average Bonchev–Trinajstić information content (AvgIpc) is 3.06. The molecule has 1 aromatic carbocycles. The summed E-state index contributed by atoms with van der Waals surface area (Å²) >= 11 is 1.75. The predicted octanol–water partition coefficient (Wildman–Crippen LogP) is 1.63. The van der Waals surface area contributed by atoms with Crippen LogP contribution in [0.15, 0.2) is 35.2 Å². The number of rotatable bonds is 4. The quantitative estimate of drug-likeness (QED) is 0.830. The van der Waals surface area contributed by atoms with Gasteiger partial charge in [-0.3, -0.25) is 5.10 Å². The van der Waals surface area contributed by atoms with Gasteiger partial charge < -0.3 is 10.6 Å². The fraction of sp³-hybridized carbons (Fsp3) is 0.385. The maximum absolute atomic E-state index is 5.89. The monoisotopic (exact) mass is 275 g/mol. The molecule has 0 amide bonds. The smallest absolute Gasteiger partial charge is 0.244 e. The predicted molar refractivity (Wildman–Crippen MR) is 77.2 cm³/mol. The van der Waals surface area contributed by atoms with Gasteiger partial charge in [-0.15, -0.1) is 16.9 Å². The molecule has 0 radical (unpaired) electrons. The third kappa shape index (κ3) is 3.08. The lowest BCUT2D eigenvalue weighted by atomic mass is 10.3. The van der Waals surface area contributed by atoms with Crippen LogP contribution in [0.3, 0.4) is 0 Å². The molecule has 5 nitrogen and oxygen atoms in total. The van der Waals surface area contributed by atoms with Crippen LogP contribution in [-0.4, -0.2) is 34.3 Å². The molecule has 1 aliphatic rings. The molecule has 6 heteroatoms. The van der Waals surface area contributed by atoms with Gasteiger partial charge in [0.15, 0.2) is 0 Å². The summed E-state index contributed by atoms with van der Waals surface area (Å²) in [6, 6.07) is 10.6. The van der Waals surface area contributed by atoms with Crippen molar-refractivity contribution in [3.63, 3.8) is 0 Å². The molecule has 2 aromatic rings. The lowest BCUT2D eigenvalue weighted by molar-refractivity contribution is 0.750. The van der Waals surface area contributed by atoms with E-state index in [2.05, 4.69) is 32.2 Å². The minimum absolute atomic E-state index is 0.251. The standard InChI is InChI=1S/C13H17N5S/c14-10-6-7-18(8-10)13-15-12(16-17-13)9-19-11-4-2-1-3-5-11/h1-5,10H,6-9,14H2,(H,15,16,17). The Balaban J connectivity index is 1.59. The lowest BCUT2D eigenvalue weighted by Crippen LogP contribution is -2.26. The van der Waals surface area contributed by atoms with Gasteiger partial charge >= 0.3 is 0 Å². The van der Waals surface area contributed by atoms with E-state index in [0.717, 1.165) is 37.0 Å². The first-order valence-electron chi connectivity index (χ1n) is 6.41. The maximum Gasteiger partial charge on any atom is 0.244 e. The zero-order chi connectivity index (χ0) is 13.1. The number of aromatic amines is 1. The van der Waals surface area contributed by atoms with E-state index >= 15 is 0 Å². The normalized spacial score (nSPS) is 19.0. The molecule has 3 N–H and O–H groups in total. The molecule has 0 saturated carbocycles. The van der Waals surface area contributed by atoms with Crippen LogP contribution in [-0.2, 0) is 5.75 Å². The highest BCUT2D eigenvalue weighted by Gasteiger charge is 2.22. The van der Waals surface area contributed by atoms with E-state index in [1.807, 2.05) is 18.2 Å². The molecule has 1 saturated heterocycles. The third-order valence-corrected chi connectivity index (χ3v) is 4.17. The molecular formula is C13H17N5S. The number of benzene rings is 1. The summed E-state index contributed by atoms with van der Waals surface area (Å²) in [5.41, 5.74) is 5.89. The van der Waals surface area contributed by atoms with Crippen LogP contribution in [0.5, 0.6) is 0 Å². The van der Waals surface area contributed by atoms with Crippen molar-refractivity contribution in [2.75, 3.05) is 18.0 Å². The van der Waals surface area contributed by atoms with Gasteiger partial charge in [-0.25, -0.2) is 0 Å². The second-order valence-corrected chi connectivity index (χ2v) is 5.73. The van der Waals surface area contributed by atoms with E-state index in [1.54, 1.807) is 11.8 Å². The molecule has 3 rings (SSSR count). The summed E-state index contributed by atoms with van der Waals surface area (Å²) in [6.45, 7) is 1.80. The number of thioether (sulfide) groups is 1. The summed E-state index contributed by atoms with van der Waals surface area (Å²) in [7, 11) is 0. The topological polar surface area (TPSA) is 70.8 Å². The SMILES string of the molecule is NC1CCN(c2n[nH]c(CSc3ccccc3)n2)C1.